The zero-order chi connectivity index (χ0) is 9.84. The van der Waals surface area contributed by atoms with Crippen molar-refractivity contribution < 1.29 is 19.1 Å². The van der Waals surface area contributed by atoms with Crippen molar-refractivity contribution in [2.24, 2.45) is 0 Å². The summed E-state index contributed by atoms with van der Waals surface area (Å²) in [5, 5.41) is 0. The van der Waals surface area contributed by atoms with Crippen LogP contribution in [0.15, 0.2) is 24.8 Å². The van der Waals surface area contributed by atoms with Gasteiger partial charge in [0.05, 0.1) is 0 Å². The molecule has 0 unspecified atom stereocenters. The van der Waals surface area contributed by atoms with Crippen molar-refractivity contribution in [3.63, 3.8) is 0 Å². The van der Waals surface area contributed by atoms with E-state index in [9.17, 15) is 14.4 Å². The Bertz CT molecular complexity index is 287. The highest BCUT2D eigenvalue weighted by atomic mass is 16.5. The molecule has 5 heteroatoms. The maximum absolute atomic E-state index is 10.9. The second-order valence-electron chi connectivity index (χ2n) is 2.23. The molecule has 2 amide bonds. The summed E-state index contributed by atoms with van der Waals surface area (Å²) in [5.41, 5.74) is 0. The van der Waals surface area contributed by atoms with Gasteiger partial charge in [-0.3, -0.25) is 9.59 Å². The first kappa shape index (κ1) is 9.18. The number of ether oxygens (including phenoxy) is 1. The number of carbonyl (C=O) groups excluding carboxylic acids is 3. The summed E-state index contributed by atoms with van der Waals surface area (Å²) in [6.45, 7) is 2.80. The molecule has 0 radical (unpaired) electrons. The van der Waals surface area contributed by atoms with Gasteiger partial charge in [-0.25, -0.2) is 9.69 Å². The van der Waals surface area contributed by atoms with Crippen molar-refractivity contribution >= 4 is 17.8 Å². The summed E-state index contributed by atoms with van der Waals surface area (Å²) in [7, 11) is 0. The van der Waals surface area contributed by atoms with Crippen LogP contribution < -0.4 is 0 Å². The Labute approximate surface area is 74.3 Å². The van der Waals surface area contributed by atoms with Gasteiger partial charge in [-0.15, -0.1) is 0 Å². The van der Waals surface area contributed by atoms with E-state index in [2.05, 4.69) is 11.3 Å². The van der Waals surface area contributed by atoms with Gasteiger partial charge in [0.2, 0.25) is 0 Å². The van der Waals surface area contributed by atoms with Crippen molar-refractivity contribution in [1.29, 1.82) is 0 Å². The molecule has 1 aliphatic rings. The van der Waals surface area contributed by atoms with Crippen molar-refractivity contribution in [2.75, 3.05) is 6.73 Å². The lowest BCUT2D eigenvalue weighted by molar-refractivity contribution is -0.151. The Morgan fingerprint density at radius 1 is 1.46 bits per heavy atom. The Morgan fingerprint density at radius 2 is 2.00 bits per heavy atom. The van der Waals surface area contributed by atoms with Gasteiger partial charge in [0.1, 0.15) is 0 Å². The van der Waals surface area contributed by atoms with E-state index in [1.54, 1.807) is 0 Å². The highest BCUT2D eigenvalue weighted by molar-refractivity contribution is 6.12. The fourth-order valence-electron chi connectivity index (χ4n) is 0.745. The van der Waals surface area contributed by atoms with E-state index in [1.807, 2.05) is 0 Å². The molecule has 0 aromatic carbocycles. The van der Waals surface area contributed by atoms with Crippen molar-refractivity contribution in [2.45, 2.75) is 0 Å². The zero-order valence-electron chi connectivity index (χ0n) is 6.73. The summed E-state index contributed by atoms with van der Waals surface area (Å²) < 4.78 is 4.50. The lowest BCUT2D eigenvalue weighted by Gasteiger charge is -2.12. The van der Waals surface area contributed by atoms with Crippen LogP contribution in [-0.4, -0.2) is 29.4 Å². The summed E-state index contributed by atoms with van der Waals surface area (Å²) in [5.74, 6) is -1.64. The van der Waals surface area contributed by atoms with E-state index in [1.165, 1.54) is 0 Å². The fourth-order valence-corrected chi connectivity index (χ4v) is 0.745. The average Bonchev–Trinajstić information content (AvgIpc) is 2.43. The second-order valence-corrected chi connectivity index (χ2v) is 2.23. The van der Waals surface area contributed by atoms with E-state index >= 15 is 0 Å². The van der Waals surface area contributed by atoms with Crippen LogP contribution >= 0.6 is 0 Å². The van der Waals surface area contributed by atoms with E-state index in [0.29, 0.717) is 0 Å². The first-order valence-corrected chi connectivity index (χ1v) is 3.48. The van der Waals surface area contributed by atoms with Gasteiger partial charge in [0, 0.05) is 18.2 Å². The Morgan fingerprint density at radius 3 is 2.46 bits per heavy atom. The number of hydrogen-bond donors (Lipinski definition) is 0. The number of imide groups is 1. The Balaban J connectivity index is 2.46. The maximum atomic E-state index is 10.9. The third kappa shape index (κ3) is 2.02. The predicted molar refractivity (Wildman–Crippen MR) is 42.1 cm³/mol. The van der Waals surface area contributed by atoms with Crippen molar-refractivity contribution in [1.82, 2.24) is 4.90 Å². The minimum Gasteiger partial charge on any atom is -0.441 e. The molecule has 0 spiro atoms. The number of nitrogens with zero attached hydrogens (tertiary/aromatic N) is 1. The van der Waals surface area contributed by atoms with Crippen LogP contribution in [0.3, 0.4) is 0 Å². The largest absolute Gasteiger partial charge is 0.441 e. The monoisotopic (exact) mass is 181 g/mol. The summed E-state index contributed by atoms with van der Waals surface area (Å²) in [6, 6.07) is 0. The van der Waals surface area contributed by atoms with Crippen LogP contribution in [-0.2, 0) is 19.1 Å². The van der Waals surface area contributed by atoms with Gasteiger partial charge >= 0.3 is 5.97 Å². The minimum atomic E-state index is -0.674. The quantitative estimate of drug-likeness (QED) is 0.337. The lowest BCUT2D eigenvalue weighted by Crippen LogP contribution is -2.33. The zero-order valence-corrected chi connectivity index (χ0v) is 6.73. The molecular formula is C8H7NO4. The van der Waals surface area contributed by atoms with Crippen molar-refractivity contribution in [3.8, 4) is 0 Å². The molecule has 0 saturated carbocycles. The van der Waals surface area contributed by atoms with Gasteiger partial charge in [-0.2, -0.15) is 0 Å². The minimum absolute atomic E-state index is 0.366. The maximum Gasteiger partial charge on any atom is 0.331 e. The molecule has 5 nitrogen and oxygen atoms in total. The normalized spacial score (nSPS) is 14.9. The smallest absolute Gasteiger partial charge is 0.331 e. The van der Waals surface area contributed by atoms with E-state index in [0.717, 1.165) is 23.1 Å². The van der Waals surface area contributed by atoms with Crippen LogP contribution in [0.4, 0.5) is 0 Å². The molecule has 1 rings (SSSR count). The fraction of sp³-hybridized carbons (Fsp3) is 0.125. The van der Waals surface area contributed by atoms with E-state index in [4.69, 9.17) is 0 Å². The van der Waals surface area contributed by atoms with Gasteiger partial charge in [0.15, 0.2) is 6.73 Å². The van der Waals surface area contributed by atoms with Crippen LogP contribution in [0.5, 0.6) is 0 Å². The number of esters is 1. The molecule has 68 valence electrons. The molecule has 0 N–H and O–H groups in total. The topological polar surface area (TPSA) is 63.7 Å². The van der Waals surface area contributed by atoms with Gasteiger partial charge < -0.3 is 4.74 Å². The number of rotatable bonds is 3. The summed E-state index contributed by atoms with van der Waals surface area (Å²) >= 11 is 0. The number of hydrogen-bond acceptors (Lipinski definition) is 4. The SMILES string of the molecule is C=CC(=O)OCN1C(=O)C=CC1=O. The van der Waals surface area contributed by atoms with Crippen LogP contribution in [0.1, 0.15) is 0 Å². The molecule has 0 atom stereocenters. The summed E-state index contributed by atoms with van der Waals surface area (Å²) in [4.78, 5) is 33.2. The number of amides is 2. The highest BCUT2D eigenvalue weighted by Gasteiger charge is 2.23. The third-order valence-corrected chi connectivity index (χ3v) is 1.40. The molecule has 0 saturated heterocycles. The number of carbonyl (C=O) groups is 3. The van der Waals surface area contributed by atoms with Gasteiger partial charge in [-0.05, 0) is 0 Å². The van der Waals surface area contributed by atoms with E-state index < -0.39 is 17.8 Å². The molecule has 0 fully saturated rings. The van der Waals surface area contributed by atoms with Crippen LogP contribution in [0.25, 0.3) is 0 Å². The summed E-state index contributed by atoms with van der Waals surface area (Å²) in [6.07, 6.45) is 3.19. The van der Waals surface area contributed by atoms with Gasteiger partial charge in [-0.1, -0.05) is 6.58 Å². The Kier molecular flexibility index (Phi) is 2.59. The molecule has 0 bridgehead atoms. The van der Waals surface area contributed by atoms with Crippen LogP contribution in [0, 0.1) is 0 Å². The first-order chi connectivity index (χ1) is 6.15. The van der Waals surface area contributed by atoms with E-state index in [-0.39, 0.29) is 6.73 Å². The Hall–Kier alpha value is -1.91. The lowest BCUT2D eigenvalue weighted by atomic mass is 10.6. The van der Waals surface area contributed by atoms with Crippen LogP contribution in [0.2, 0.25) is 0 Å². The molecule has 0 aromatic rings. The molecule has 1 aliphatic heterocycles. The molecule has 0 aromatic heterocycles. The predicted octanol–water partition coefficient (Wildman–Crippen LogP) is -0.402. The van der Waals surface area contributed by atoms with Gasteiger partial charge in [0.25, 0.3) is 11.8 Å². The average molecular weight is 181 g/mol. The molecule has 13 heavy (non-hydrogen) atoms. The van der Waals surface area contributed by atoms with Crippen molar-refractivity contribution in [3.05, 3.63) is 24.8 Å². The molecule has 1 heterocycles. The standard InChI is InChI=1S/C8H7NO4/c1-2-8(12)13-5-9-6(10)3-4-7(9)11/h2-4H,1,5H2. The molecule has 0 aliphatic carbocycles. The molecular weight excluding hydrogens is 174 g/mol. The second kappa shape index (κ2) is 3.66. The third-order valence-electron chi connectivity index (χ3n) is 1.40. The first-order valence-electron chi connectivity index (χ1n) is 3.48. The highest BCUT2D eigenvalue weighted by Crippen LogP contribution is 2.02.